The molecule has 2 rings (SSSR count). The van der Waals surface area contributed by atoms with E-state index in [1.165, 1.54) is 5.56 Å². The van der Waals surface area contributed by atoms with Crippen LogP contribution in [-0.2, 0) is 16.0 Å². The first kappa shape index (κ1) is 13.1. The van der Waals surface area contributed by atoms with E-state index in [0.29, 0.717) is 6.61 Å². The summed E-state index contributed by atoms with van der Waals surface area (Å²) in [5.74, 6) is -0.0320. The van der Waals surface area contributed by atoms with Crippen molar-refractivity contribution >= 4 is 11.6 Å². The predicted octanol–water partition coefficient (Wildman–Crippen LogP) is 1.56. The summed E-state index contributed by atoms with van der Waals surface area (Å²) in [6.07, 6.45) is 0.873. The minimum atomic E-state index is -0.274. The molecule has 0 radical (unpaired) electrons. The summed E-state index contributed by atoms with van der Waals surface area (Å²) in [5, 5.41) is 6.12. The summed E-state index contributed by atoms with van der Waals surface area (Å²) in [6, 6.07) is 7.66. The van der Waals surface area contributed by atoms with Gasteiger partial charge in [0.25, 0.3) is 0 Å². The van der Waals surface area contributed by atoms with Gasteiger partial charge in [0.05, 0.1) is 12.7 Å². The van der Waals surface area contributed by atoms with Crippen molar-refractivity contribution in [2.75, 3.05) is 18.5 Å². The highest BCUT2D eigenvalue weighted by Crippen LogP contribution is 2.13. The van der Waals surface area contributed by atoms with Crippen LogP contribution in [0.4, 0.5) is 5.69 Å². The van der Waals surface area contributed by atoms with Crippen molar-refractivity contribution in [3.05, 3.63) is 29.8 Å². The van der Waals surface area contributed by atoms with Gasteiger partial charge in [0.15, 0.2) is 0 Å². The predicted molar refractivity (Wildman–Crippen MR) is 71.7 cm³/mol. The molecule has 1 amide bonds. The van der Waals surface area contributed by atoms with Gasteiger partial charge in [0.1, 0.15) is 6.04 Å². The second kappa shape index (κ2) is 5.98. The second-order valence-corrected chi connectivity index (χ2v) is 4.55. The third-order valence-electron chi connectivity index (χ3n) is 3.20. The van der Waals surface area contributed by atoms with Crippen molar-refractivity contribution in [2.45, 2.75) is 32.4 Å². The van der Waals surface area contributed by atoms with Crippen LogP contribution >= 0.6 is 0 Å². The lowest BCUT2D eigenvalue weighted by Gasteiger charge is -2.29. The van der Waals surface area contributed by atoms with Crippen LogP contribution in [0.25, 0.3) is 0 Å². The van der Waals surface area contributed by atoms with E-state index in [9.17, 15) is 4.79 Å². The Morgan fingerprint density at radius 2 is 2.39 bits per heavy atom. The molecule has 0 aromatic heterocycles. The number of nitrogens with one attached hydrogen (secondary N) is 2. The number of amides is 1. The minimum Gasteiger partial charge on any atom is -0.375 e. The molecule has 0 saturated carbocycles. The fourth-order valence-corrected chi connectivity index (χ4v) is 2.12. The Hall–Kier alpha value is -1.39. The Balaban J connectivity index is 2.01. The van der Waals surface area contributed by atoms with Crippen LogP contribution in [0.15, 0.2) is 24.3 Å². The monoisotopic (exact) mass is 248 g/mol. The Kier molecular flexibility index (Phi) is 4.33. The van der Waals surface area contributed by atoms with E-state index in [1.807, 2.05) is 25.1 Å². The summed E-state index contributed by atoms with van der Waals surface area (Å²) in [6.45, 7) is 5.39. The van der Waals surface area contributed by atoms with Gasteiger partial charge >= 0.3 is 0 Å². The van der Waals surface area contributed by atoms with E-state index < -0.39 is 0 Å². The SMILES string of the molecule is CCc1cccc(NC(=O)[C@H]2NCCO[C@@H]2C)c1. The fraction of sp³-hybridized carbons (Fsp3) is 0.500. The zero-order valence-electron chi connectivity index (χ0n) is 10.9. The molecule has 1 aliphatic heterocycles. The van der Waals surface area contributed by atoms with E-state index in [2.05, 4.69) is 23.6 Å². The maximum absolute atomic E-state index is 12.1. The van der Waals surface area contributed by atoms with Crippen LogP contribution in [0.1, 0.15) is 19.4 Å². The lowest BCUT2D eigenvalue weighted by Crippen LogP contribution is -2.53. The fourth-order valence-electron chi connectivity index (χ4n) is 2.12. The summed E-state index contributed by atoms with van der Waals surface area (Å²) < 4.78 is 5.47. The number of benzene rings is 1. The van der Waals surface area contributed by atoms with Crippen molar-refractivity contribution in [1.29, 1.82) is 0 Å². The number of hydrogen-bond acceptors (Lipinski definition) is 3. The van der Waals surface area contributed by atoms with Crippen molar-refractivity contribution in [1.82, 2.24) is 5.32 Å². The van der Waals surface area contributed by atoms with Crippen LogP contribution in [0.3, 0.4) is 0 Å². The van der Waals surface area contributed by atoms with Crippen molar-refractivity contribution in [3.8, 4) is 0 Å². The normalized spacial score (nSPS) is 23.7. The maximum atomic E-state index is 12.1. The minimum absolute atomic E-state index is 0.0320. The van der Waals surface area contributed by atoms with Gasteiger partial charge in [-0.05, 0) is 31.0 Å². The van der Waals surface area contributed by atoms with Gasteiger partial charge < -0.3 is 15.4 Å². The van der Waals surface area contributed by atoms with Gasteiger partial charge in [0, 0.05) is 12.2 Å². The smallest absolute Gasteiger partial charge is 0.244 e. The van der Waals surface area contributed by atoms with Crippen LogP contribution < -0.4 is 10.6 Å². The first-order chi connectivity index (χ1) is 8.70. The number of carbonyl (C=O) groups is 1. The number of ether oxygens (including phenoxy) is 1. The van der Waals surface area contributed by atoms with E-state index in [4.69, 9.17) is 4.74 Å². The number of carbonyl (C=O) groups excluding carboxylic acids is 1. The summed E-state index contributed by atoms with van der Waals surface area (Å²) in [4.78, 5) is 12.1. The molecule has 1 saturated heterocycles. The number of hydrogen-bond donors (Lipinski definition) is 2. The molecular weight excluding hydrogens is 228 g/mol. The molecule has 0 bridgehead atoms. The molecule has 1 aromatic carbocycles. The van der Waals surface area contributed by atoms with Gasteiger partial charge in [0.2, 0.25) is 5.91 Å². The molecular formula is C14H20N2O2. The average molecular weight is 248 g/mol. The highest BCUT2D eigenvalue weighted by Gasteiger charge is 2.28. The molecule has 2 N–H and O–H groups in total. The van der Waals surface area contributed by atoms with Crippen molar-refractivity contribution < 1.29 is 9.53 Å². The van der Waals surface area contributed by atoms with E-state index in [1.54, 1.807) is 0 Å². The van der Waals surface area contributed by atoms with Gasteiger partial charge in [-0.3, -0.25) is 4.79 Å². The quantitative estimate of drug-likeness (QED) is 0.853. The third-order valence-corrected chi connectivity index (χ3v) is 3.20. The Morgan fingerprint density at radius 1 is 1.56 bits per heavy atom. The molecule has 2 atom stereocenters. The molecule has 1 heterocycles. The molecule has 4 heteroatoms. The third kappa shape index (κ3) is 3.09. The Labute approximate surface area is 108 Å². The molecule has 1 aliphatic rings. The molecule has 1 fully saturated rings. The Morgan fingerprint density at radius 3 is 3.11 bits per heavy atom. The molecule has 0 unspecified atom stereocenters. The maximum Gasteiger partial charge on any atom is 0.244 e. The van der Waals surface area contributed by atoms with E-state index in [-0.39, 0.29) is 18.1 Å². The zero-order valence-corrected chi connectivity index (χ0v) is 10.9. The number of anilines is 1. The summed E-state index contributed by atoms with van der Waals surface area (Å²) in [7, 11) is 0. The molecule has 0 spiro atoms. The Bertz CT molecular complexity index is 420. The number of rotatable bonds is 3. The highest BCUT2D eigenvalue weighted by molar-refractivity contribution is 5.95. The lowest BCUT2D eigenvalue weighted by atomic mass is 10.1. The van der Waals surface area contributed by atoms with Gasteiger partial charge in [-0.15, -0.1) is 0 Å². The van der Waals surface area contributed by atoms with E-state index >= 15 is 0 Å². The van der Waals surface area contributed by atoms with Crippen molar-refractivity contribution in [3.63, 3.8) is 0 Å². The summed E-state index contributed by atoms with van der Waals surface area (Å²) >= 11 is 0. The molecule has 0 aliphatic carbocycles. The second-order valence-electron chi connectivity index (χ2n) is 4.55. The summed E-state index contributed by atoms with van der Waals surface area (Å²) in [5.41, 5.74) is 2.06. The zero-order chi connectivity index (χ0) is 13.0. The molecule has 18 heavy (non-hydrogen) atoms. The van der Waals surface area contributed by atoms with Crippen LogP contribution in [0.2, 0.25) is 0 Å². The first-order valence-electron chi connectivity index (χ1n) is 6.45. The number of morpholine rings is 1. The van der Waals surface area contributed by atoms with E-state index in [0.717, 1.165) is 18.7 Å². The molecule has 98 valence electrons. The largest absolute Gasteiger partial charge is 0.375 e. The molecule has 4 nitrogen and oxygen atoms in total. The number of aryl methyl sites for hydroxylation is 1. The van der Waals surface area contributed by atoms with Gasteiger partial charge in [-0.25, -0.2) is 0 Å². The molecule has 1 aromatic rings. The topological polar surface area (TPSA) is 50.4 Å². The van der Waals surface area contributed by atoms with Crippen LogP contribution in [0.5, 0.6) is 0 Å². The average Bonchev–Trinajstić information content (AvgIpc) is 2.39. The van der Waals surface area contributed by atoms with Gasteiger partial charge in [-0.1, -0.05) is 19.1 Å². The van der Waals surface area contributed by atoms with Crippen molar-refractivity contribution in [2.24, 2.45) is 0 Å². The van der Waals surface area contributed by atoms with Gasteiger partial charge in [-0.2, -0.15) is 0 Å². The highest BCUT2D eigenvalue weighted by atomic mass is 16.5. The first-order valence-corrected chi connectivity index (χ1v) is 6.45. The lowest BCUT2D eigenvalue weighted by molar-refractivity contribution is -0.123. The van der Waals surface area contributed by atoms with Crippen LogP contribution in [-0.4, -0.2) is 31.2 Å². The standard InChI is InChI=1S/C14H20N2O2/c1-3-11-5-4-6-12(9-11)16-14(17)13-10(2)18-8-7-15-13/h4-6,9-10,13,15H,3,7-8H2,1-2H3,(H,16,17)/t10-,13+/m1/s1. The van der Waals surface area contributed by atoms with Crippen LogP contribution in [0, 0.1) is 0 Å².